The van der Waals surface area contributed by atoms with Gasteiger partial charge in [0.1, 0.15) is 5.75 Å². The summed E-state index contributed by atoms with van der Waals surface area (Å²) in [7, 11) is 0. The molecule has 0 aliphatic carbocycles. The lowest BCUT2D eigenvalue weighted by molar-refractivity contribution is 0.0212. The average molecular weight is 462 g/mol. The Labute approximate surface area is 196 Å². The van der Waals surface area contributed by atoms with E-state index in [-0.39, 0.29) is 35.6 Å². The van der Waals surface area contributed by atoms with Gasteiger partial charge in [-0.15, -0.1) is 24.8 Å². The van der Waals surface area contributed by atoms with Gasteiger partial charge in [-0.05, 0) is 58.4 Å². The molecule has 2 aliphatic heterocycles. The van der Waals surface area contributed by atoms with Gasteiger partial charge in [0.05, 0.1) is 0 Å². The Kier molecular flexibility index (Phi) is 9.97. The summed E-state index contributed by atoms with van der Waals surface area (Å²) >= 11 is 0. The van der Waals surface area contributed by atoms with Crippen LogP contribution in [0.25, 0.3) is 0 Å². The van der Waals surface area contributed by atoms with Gasteiger partial charge in [0, 0.05) is 45.4 Å². The highest BCUT2D eigenvalue weighted by atomic mass is 35.5. The van der Waals surface area contributed by atoms with Crippen molar-refractivity contribution in [2.75, 3.05) is 39.4 Å². The smallest absolute Gasteiger partial charge is 0.123 e. The van der Waals surface area contributed by atoms with Gasteiger partial charge in [0.15, 0.2) is 0 Å². The van der Waals surface area contributed by atoms with Gasteiger partial charge in [0.2, 0.25) is 0 Å². The Hall–Kier alpha value is -0.520. The number of phenolic OH excluding ortho intramolecular Hbond substituents is 1. The van der Waals surface area contributed by atoms with Crippen LogP contribution in [0.1, 0.15) is 77.1 Å². The molecule has 2 N–H and O–H groups in total. The molecule has 0 saturated carbocycles. The van der Waals surface area contributed by atoms with Gasteiger partial charge in [-0.2, -0.15) is 0 Å². The van der Waals surface area contributed by atoms with Crippen molar-refractivity contribution in [2.24, 2.45) is 5.92 Å². The summed E-state index contributed by atoms with van der Waals surface area (Å²) in [5.74, 6) is 1.09. The topological polar surface area (TPSA) is 44.7 Å². The predicted octanol–water partition coefficient (Wildman–Crippen LogP) is 5.20. The normalized spacial score (nSPS) is 20.2. The monoisotopic (exact) mass is 460 g/mol. The molecule has 0 radical (unpaired) electrons. The van der Waals surface area contributed by atoms with Crippen LogP contribution in [0.3, 0.4) is 0 Å². The minimum Gasteiger partial charge on any atom is -0.507 e. The third-order valence-corrected chi connectivity index (χ3v) is 6.35. The third-order valence-electron chi connectivity index (χ3n) is 6.35. The van der Waals surface area contributed by atoms with Crippen LogP contribution in [-0.4, -0.2) is 49.4 Å². The summed E-state index contributed by atoms with van der Waals surface area (Å²) in [6.07, 6.45) is 2.23. The number of benzene rings is 1. The number of ether oxygens (including phenoxy) is 1. The van der Waals surface area contributed by atoms with E-state index in [9.17, 15) is 5.11 Å². The van der Waals surface area contributed by atoms with E-state index in [1.807, 2.05) is 0 Å². The maximum absolute atomic E-state index is 11.1. The van der Waals surface area contributed by atoms with Gasteiger partial charge in [-0.25, -0.2) is 0 Å². The number of halogens is 2. The molecular formula is C24H42Cl2N2O2. The molecule has 4 nitrogen and oxygen atoms in total. The molecule has 0 spiro atoms. The molecule has 1 aromatic carbocycles. The van der Waals surface area contributed by atoms with Crippen LogP contribution in [0.15, 0.2) is 12.1 Å². The van der Waals surface area contributed by atoms with E-state index >= 15 is 0 Å². The predicted molar refractivity (Wildman–Crippen MR) is 131 cm³/mol. The molecule has 0 amide bonds. The van der Waals surface area contributed by atoms with Crippen molar-refractivity contribution in [3.05, 3.63) is 28.8 Å². The van der Waals surface area contributed by atoms with E-state index in [0.717, 1.165) is 63.4 Å². The molecule has 2 heterocycles. The number of aromatic hydroxyl groups is 1. The van der Waals surface area contributed by atoms with Crippen LogP contribution in [0, 0.1) is 5.92 Å². The van der Waals surface area contributed by atoms with E-state index < -0.39 is 0 Å². The second-order valence-corrected chi connectivity index (χ2v) is 10.6. The van der Waals surface area contributed by atoms with Crippen LogP contribution < -0.4 is 5.32 Å². The molecule has 2 fully saturated rings. The van der Waals surface area contributed by atoms with Crippen molar-refractivity contribution in [3.8, 4) is 5.75 Å². The van der Waals surface area contributed by atoms with E-state index in [1.165, 1.54) is 5.56 Å². The van der Waals surface area contributed by atoms with E-state index in [0.29, 0.717) is 17.7 Å². The average Bonchev–Trinajstić information content (AvgIpc) is 2.63. The summed E-state index contributed by atoms with van der Waals surface area (Å²) in [6, 6.07) is 4.99. The largest absolute Gasteiger partial charge is 0.507 e. The molecule has 0 unspecified atom stereocenters. The number of nitrogens with zero attached hydrogens (tertiary/aromatic N) is 1. The summed E-state index contributed by atoms with van der Waals surface area (Å²) in [4.78, 5) is 2.66. The molecule has 1 atom stereocenters. The Morgan fingerprint density at radius 3 is 1.83 bits per heavy atom. The highest BCUT2D eigenvalue weighted by Gasteiger charge is 2.34. The summed E-state index contributed by atoms with van der Waals surface area (Å²) in [5.41, 5.74) is 3.33. The summed E-state index contributed by atoms with van der Waals surface area (Å²) in [5, 5.41) is 14.6. The number of hydrogen-bond donors (Lipinski definition) is 2. The number of phenols is 1. The summed E-state index contributed by atoms with van der Waals surface area (Å²) in [6.45, 7) is 19.2. The fraction of sp³-hybridized carbons (Fsp3) is 0.750. The Morgan fingerprint density at radius 2 is 1.40 bits per heavy atom. The third kappa shape index (κ3) is 6.26. The molecule has 30 heavy (non-hydrogen) atoms. The highest BCUT2D eigenvalue weighted by molar-refractivity contribution is 5.85. The summed E-state index contributed by atoms with van der Waals surface area (Å²) < 4.78 is 5.68. The van der Waals surface area contributed by atoms with Crippen molar-refractivity contribution < 1.29 is 9.84 Å². The maximum atomic E-state index is 11.1. The Morgan fingerprint density at radius 1 is 0.933 bits per heavy atom. The lowest BCUT2D eigenvalue weighted by Gasteiger charge is -2.42. The zero-order chi connectivity index (χ0) is 20.5. The first kappa shape index (κ1) is 27.5. The number of rotatable bonds is 3. The van der Waals surface area contributed by atoms with Gasteiger partial charge in [-0.3, -0.25) is 4.90 Å². The van der Waals surface area contributed by atoms with Crippen LogP contribution in [0.2, 0.25) is 0 Å². The molecule has 0 aromatic heterocycles. The molecule has 6 heteroatoms. The fourth-order valence-electron chi connectivity index (χ4n) is 4.74. The SMILES string of the molecule is CC(C)(C)c1cc([C@@H](C2CCOCC2)N2CCNCC2)cc(C(C)(C)C)c1O.Cl.Cl. The first-order chi connectivity index (χ1) is 13.1. The van der Waals surface area contributed by atoms with Gasteiger partial charge in [-0.1, -0.05) is 41.5 Å². The molecular weight excluding hydrogens is 419 g/mol. The second kappa shape index (κ2) is 10.9. The van der Waals surface area contributed by atoms with Crippen molar-refractivity contribution in [1.82, 2.24) is 10.2 Å². The second-order valence-electron chi connectivity index (χ2n) is 10.6. The molecule has 2 aliphatic rings. The van der Waals surface area contributed by atoms with Crippen LogP contribution in [-0.2, 0) is 15.6 Å². The maximum Gasteiger partial charge on any atom is 0.123 e. The van der Waals surface area contributed by atoms with Crippen LogP contribution in [0.5, 0.6) is 5.75 Å². The highest BCUT2D eigenvalue weighted by Crippen LogP contribution is 2.44. The van der Waals surface area contributed by atoms with Crippen molar-refractivity contribution in [2.45, 2.75) is 71.3 Å². The number of piperazine rings is 1. The van der Waals surface area contributed by atoms with E-state index in [2.05, 4.69) is 63.9 Å². The van der Waals surface area contributed by atoms with Gasteiger partial charge >= 0.3 is 0 Å². The lowest BCUT2D eigenvalue weighted by atomic mass is 9.75. The number of hydrogen-bond acceptors (Lipinski definition) is 4. The fourth-order valence-corrected chi connectivity index (χ4v) is 4.74. The molecule has 1 aromatic rings. The first-order valence-corrected chi connectivity index (χ1v) is 11.0. The van der Waals surface area contributed by atoms with Gasteiger partial charge < -0.3 is 15.2 Å². The van der Waals surface area contributed by atoms with E-state index in [1.54, 1.807) is 0 Å². The van der Waals surface area contributed by atoms with Crippen molar-refractivity contribution >= 4 is 24.8 Å². The quantitative estimate of drug-likeness (QED) is 0.649. The molecule has 3 rings (SSSR count). The Balaban J connectivity index is 0.00000225. The lowest BCUT2D eigenvalue weighted by Crippen LogP contribution is -2.47. The van der Waals surface area contributed by atoms with Crippen molar-refractivity contribution in [1.29, 1.82) is 0 Å². The van der Waals surface area contributed by atoms with Crippen LogP contribution >= 0.6 is 24.8 Å². The van der Waals surface area contributed by atoms with Crippen molar-refractivity contribution in [3.63, 3.8) is 0 Å². The molecule has 2 saturated heterocycles. The van der Waals surface area contributed by atoms with Crippen LogP contribution in [0.4, 0.5) is 0 Å². The first-order valence-electron chi connectivity index (χ1n) is 11.0. The van der Waals surface area contributed by atoms with E-state index in [4.69, 9.17) is 4.74 Å². The minimum atomic E-state index is -0.0935. The minimum absolute atomic E-state index is 0. The zero-order valence-corrected chi connectivity index (χ0v) is 21.2. The molecule has 174 valence electrons. The number of nitrogens with one attached hydrogen (secondary N) is 1. The Bertz CT molecular complexity index is 618. The standard InChI is InChI=1S/C24H40N2O2.2ClH/c1-23(2,3)19-15-18(16-20(22(19)27)24(4,5)6)21(17-7-13-28-14-8-17)26-11-9-25-10-12-26;;/h15-17,21,25,27H,7-14H2,1-6H3;2*1H/t21-;;/m1../s1. The van der Waals surface area contributed by atoms with Gasteiger partial charge in [0.25, 0.3) is 0 Å². The zero-order valence-electron chi connectivity index (χ0n) is 19.6. The molecule has 0 bridgehead atoms.